The van der Waals surface area contributed by atoms with Crippen molar-refractivity contribution in [2.45, 2.75) is 19.4 Å². The predicted molar refractivity (Wildman–Crippen MR) is 101 cm³/mol. The van der Waals surface area contributed by atoms with Crippen molar-refractivity contribution in [3.8, 4) is 11.3 Å². The van der Waals surface area contributed by atoms with Crippen LogP contribution in [0.4, 0.5) is 5.82 Å². The minimum atomic E-state index is -0.00354. The third-order valence-electron chi connectivity index (χ3n) is 3.86. The average molecular weight is 342 g/mol. The zero-order valence-corrected chi connectivity index (χ0v) is 14.8. The molecule has 0 fully saturated rings. The molecule has 0 aliphatic heterocycles. The van der Waals surface area contributed by atoms with Crippen molar-refractivity contribution in [2.24, 2.45) is 0 Å². The Morgan fingerprint density at radius 2 is 2.04 bits per heavy atom. The van der Waals surface area contributed by atoms with E-state index in [2.05, 4.69) is 16.7 Å². The summed E-state index contributed by atoms with van der Waals surface area (Å²) < 4.78 is 1.81. The highest BCUT2D eigenvalue weighted by atomic mass is 32.2. The SMILES string of the molecule is CSCC[C@@H](CO)Nc1cc(-c2ccccc2)nc2cc(C)nn12. The molecule has 2 aromatic heterocycles. The van der Waals surface area contributed by atoms with Gasteiger partial charge >= 0.3 is 0 Å². The summed E-state index contributed by atoms with van der Waals surface area (Å²) in [5.74, 6) is 1.85. The molecular weight excluding hydrogens is 320 g/mol. The minimum Gasteiger partial charge on any atom is -0.394 e. The lowest BCUT2D eigenvalue weighted by atomic mass is 10.1. The molecule has 5 nitrogen and oxygen atoms in total. The number of aliphatic hydroxyl groups excluding tert-OH is 1. The summed E-state index contributed by atoms with van der Waals surface area (Å²) in [6.07, 6.45) is 2.96. The largest absolute Gasteiger partial charge is 0.394 e. The number of hydrogen-bond donors (Lipinski definition) is 2. The van der Waals surface area contributed by atoms with Crippen molar-refractivity contribution in [1.82, 2.24) is 14.6 Å². The third-order valence-corrected chi connectivity index (χ3v) is 4.51. The van der Waals surface area contributed by atoms with Crippen LogP contribution in [0.3, 0.4) is 0 Å². The van der Waals surface area contributed by atoms with Gasteiger partial charge in [-0.05, 0) is 25.4 Å². The monoisotopic (exact) mass is 342 g/mol. The number of aryl methyl sites for hydroxylation is 1. The molecule has 1 atom stereocenters. The second-order valence-electron chi connectivity index (χ2n) is 5.75. The summed E-state index contributed by atoms with van der Waals surface area (Å²) in [4.78, 5) is 4.72. The molecule has 24 heavy (non-hydrogen) atoms. The molecule has 0 spiro atoms. The van der Waals surface area contributed by atoms with Gasteiger partial charge in [0.15, 0.2) is 5.65 Å². The van der Waals surface area contributed by atoms with Gasteiger partial charge in [0.25, 0.3) is 0 Å². The fourth-order valence-corrected chi connectivity index (χ4v) is 3.15. The Kier molecular flexibility index (Phi) is 5.37. The molecule has 3 rings (SSSR count). The third kappa shape index (κ3) is 3.71. The summed E-state index contributed by atoms with van der Waals surface area (Å²) in [5, 5.41) is 17.6. The van der Waals surface area contributed by atoms with Gasteiger partial charge in [-0.15, -0.1) is 0 Å². The maximum Gasteiger partial charge on any atom is 0.158 e. The number of aromatic nitrogens is 3. The maximum absolute atomic E-state index is 9.66. The van der Waals surface area contributed by atoms with Gasteiger partial charge in [-0.2, -0.15) is 21.4 Å². The molecule has 2 N–H and O–H groups in total. The van der Waals surface area contributed by atoms with E-state index in [0.717, 1.165) is 40.6 Å². The summed E-state index contributed by atoms with van der Waals surface area (Å²) in [7, 11) is 0. The van der Waals surface area contributed by atoms with Crippen LogP contribution in [0.5, 0.6) is 0 Å². The van der Waals surface area contributed by atoms with Crippen LogP contribution in [0.25, 0.3) is 16.9 Å². The second kappa shape index (κ2) is 7.68. The number of fused-ring (bicyclic) bond motifs is 1. The summed E-state index contributed by atoms with van der Waals surface area (Å²) in [6, 6.07) is 14.1. The van der Waals surface area contributed by atoms with E-state index in [1.165, 1.54) is 0 Å². The smallest absolute Gasteiger partial charge is 0.158 e. The lowest BCUT2D eigenvalue weighted by Crippen LogP contribution is -2.26. The lowest BCUT2D eigenvalue weighted by molar-refractivity contribution is 0.272. The van der Waals surface area contributed by atoms with Crippen LogP contribution in [0, 0.1) is 6.92 Å². The van der Waals surface area contributed by atoms with Gasteiger partial charge < -0.3 is 10.4 Å². The molecule has 0 aliphatic carbocycles. The summed E-state index contributed by atoms with van der Waals surface area (Å²) in [6.45, 7) is 2.04. The minimum absolute atomic E-state index is 0.00354. The molecule has 0 radical (unpaired) electrons. The van der Waals surface area contributed by atoms with E-state index in [1.807, 2.05) is 53.9 Å². The number of rotatable bonds is 7. The Balaban J connectivity index is 2.01. The van der Waals surface area contributed by atoms with Crippen LogP contribution in [0.2, 0.25) is 0 Å². The maximum atomic E-state index is 9.66. The molecule has 0 unspecified atom stereocenters. The highest BCUT2D eigenvalue weighted by Gasteiger charge is 2.13. The predicted octanol–water partition coefficient (Wildman–Crippen LogP) is 3.23. The number of nitrogens with zero attached hydrogens (tertiary/aromatic N) is 3. The molecule has 0 saturated carbocycles. The van der Waals surface area contributed by atoms with Crippen molar-refractivity contribution in [3.05, 3.63) is 48.2 Å². The Labute approximate surface area is 146 Å². The highest BCUT2D eigenvalue weighted by molar-refractivity contribution is 7.98. The topological polar surface area (TPSA) is 62.5 Å². The first-order valence-electron chi connectivity index (χ1n) is 8.00. The van der Waals surface area contributed by atoms with Gasteiger partial charge in [0.1, 0.15) is 5.82 Å². The first-order chi connectivity index (χ1) is 11.7. The van der Waals surface area contributed by atoms with Crippen LogP contribution < -0.4 is 5.32 Å². The second-order valence-corrected chi connectivity index (χ2v) is 6.74. The molecule has 1 aromatic carbocycles. The Morgan fingerprint density at radius 1 is 1.25 bits per heavy atom. The van der Waals surface area contributed by atoms with Gasteiger partial charge in [0, 0.05) is 17.7 Å². The number of anilines is 1. The summed E-state index contributed by atoms with van der Waals surface area (Å²) in [5.41, 5.74) is 3.68. The Hall–Kier alpha value is -2.05. The Bertz CT molecular complexity index is 803. The van der Waals surface area contributed by atoms with Gasteiger partial charge in [-0.3, -0.25) is 0 Å². The standard InChI is InChI=1S/C18H22N4OS/c1-13-10-17-20-16(14-6-4-3-5-7-14)11-18(22(17)21-13)19-15(12-23)8-9-24-2/h3-7,10-11,15,19,23H,8-9,12H2,1-2H3/t15-/m0/s1. The van der Waals surface area contributed by atoms with E-state index in [9.17, 15) is 5.11 Å². The van der Waals surface area contributed by atoms with Crippen LogP contribution in [-0.4, -0.2) is 44.4 Å². The normalized spacial score (nSPS) is 12.5. The van der Waals surface area contributed by atoms with Crippen molar-refractivity contribution >= 4 is 23.2 Å². The molecule has 126 valence electrons. The molecule has 0 aliphatic rings. The lowest BCUT2D eigenvalue weighted by Gasteiger charge is -2.18. The number of thioether (sulfide) groups is 1. The van der Waals surface area contributed by atoms with E-state index >= 15 is 0 Å². The number of nitrogens with one attached hydrogen (secondary N) is 1. The van der Waals surface area contributed by atoms with E-state index in [4.69, 9.17) is 4.98 Å². The molecule has 0 saturated heterocycles. The fraction of sp³-hybridized carbons (Fsp3) is 0.333. The zero-order valence-electron chi connectivity index (χ0n) is 13.9. The van der Waals surface area contributed by atoms with Crippen LogP contribution in [-0.2, 0) is 0 Å². The number of benzene rings is 1. The molecule has 3 aromatic rings. The van der Waals surface area contributed by atoms with Gasteiger partial charge in [0.2, 0.25) is 0 Å². The van der Waals surface area contributed by atoms with Crippen molar-refractivity contribution in [1.29, 1.82) is 0 Å². The number of aliphatic hydroxyl groups is 1. The van der Waals surface area contributed by atoms with E-state index in [1.54, 1.807) is 11.8 Å². The summed E-state index contributed by atoms with van der Waals surface area (Å²) >= 11 is 1.78. The van der Waals surface area contributed by atoms with Crippen molar-refractivity contribution in [2.75, 3.05) is 23.9 Å². The molecular formula is C18H22N4OS. The number of hydrogen-bond acceptors (Lipinski definition) is 5. The van der Waals surface area contributed by atoms with Crippen LogP contribution >= 0.6 is 11.8 Å². The highest BCUT2D eigenvalue weighted by Crippen LogP contribution is 2.23. The molecule has 0 bridgehead atoms. The average Bonchev–Trinajstić information content (AvgIpc) is 2.99. The molecule has 6 heteroatoms. The van der Waals surface area contributed by atoms with Crippen molar-refractivity contribution in [3.63, 3.8) is 0 Å². The van der Waals surface area contributed by atoms with Crippen LogP contribution in [0.15, 0.2) is 42.5 Å². The molecule has 0 amide bonds. The van der Waals surface area contributed by atoms with Crippen LogP contribution in [0.1, 0.15) is 12.1 Å². The first-order valence-corrected chi connectivity index (χ1v) is 9.40. The zero-order chi connectivity index (χ0) is 16.9. The van der Waals surface area contributed by atoms with Crippen molar-refractivity contribution < 1.29 is 5.11 Å². The van der Waals surface area contributed by atoms with Gasteiger partial charge in [0.05, 0.1) is 24.0 Å². The van der Waals surface area contributed by atoms with E-state index < -0.39 is 0 Å². The first kappa shape index (κ1) is 16.8. The molecule has 2 heterocycles. The fourth-order valence-electron chi connectivity index (χ4n) is 2.63. The van der Waals surface area contributed by atoms with E-state index in [-0.39, 0.29) is 12.6 Å². The van der Waals surface area contributed by atoms with Gasteiger partial charge in [-0.25, -0.2) is 4.98 Å². The van der Waals surface area contributed by atoms with Gasteiger partial charge in [-0.1, -0.05) is 30.3 Å². The quantitative estimate of drug-likeness (QED) is 0.690. The Morgan fingerprint density at radius 3 is 2.75 bits per heavy atom. The van der Waals surface area contributed by atoms with E-state index in [0.29, 0.717) is 0 Å².